The van der Waals surface area contributed by atoms with Crippen molar-refractivity contribution in [3.05, 3.63) is 29.6 Å². The smallest absolute Gasteiger partial charge is 0.165 e. The van der Waals surface area contributed by atoms with Crippen molar-refractivity contribution in [2.24, 2.45) is 29.4 Å². The van der Waals surface area contributed by atoms with Crippen LogP contribution in [0.15, 0.2) is 18.2 Å². The van der Waals surface area contributed by atoms with Crippen LogP contribution in [-0.4, -0.2) is 12.6 Å². The lowest BCUT2D eigenvalue weighted by atomic mass is 9.68. The van der Waals surface area contributed by atoms with Crippen LogP contribution < -0.4 is 10.5 Å². The molecule has 0 heterocycles. The van der Waals surface area contributed by atoms with Crippen LogP contribution in [0.5, 0.6) is 5.75 Å². The molecule has 4 rings (SSSR count). The minimum Gasteiger partial charge on any atom is -0.490 e. The molecular formula is C30H48FNO. The van der Waals surface area contributed by atoms with E-state index in [1.54, 1.807) is 6.07 Å². The van der Waals surface area contributed by atoms with Gasteiger partial charge >= 0.3 is 0 Å². The van der Waals surface area contributed by atoms with Gasteiger partial charge in [-0.1, -0.05) is 51.5 Å². The van der Waals surface area contributed by atoms with Crippen LogP contribution in [0.3, 0.4) is 0 Å². The molecule has 0 spiro atoms. The molecule has 0 unspecified atom stereocenters. The van der Waals surface area contributed by atoms with Gasteiger partial charge in [0.25, 0.3) is 0 Å². The number of nitrogens with two attached hydrogens (primary N) is 1. The second kappa shape index (κ2) is 12.6. The number of halogens is 1. The van der Waals surface area contributed by atoms with Crippen LogP contribution in [0.1, 0.15) is 121 Å². The highest BCUT2D eigenvalue weighted by Gasteiger charge is 2.31. The van der Waals surface area contributed by atoms with Crippen molar-refractivity contribution >= 4 is 0 Å². The molecule has 0 saturated heterocycles. The third-order valence-electron chi connectivity index (χ3n) is 9.34. The Morgan fingerprint density at radius 2 is 1.45 bits per heavy atom. The van der Waals surface area contributed by atoms with Crippen LogP contribution in [-0.2, 0) is 0 Å². The molecule has 1 aromatic carbocycles. The van der Waals surface area contributed by atoms with Crippen LogP contribution in [0.2, 0.25) is 0 Å². The van der Waals surface area contributed by atoms with Gasteiger partial charge in [0.05, 0.1) is 6.61 Å². The highest BCUT2D eigenvalue weighted by Crippen LogP contribution is 2.45. The van der Waals surface area contributed by atoms with Gasteiger partial charge in [-0.15, -0.1) is 0 Å². The molecule has 0 atom stereocenters. The molecule has 3 aliphatic rings. The second-order valence-electron chi connectivity index (χ2n) is 11.7. The summed E-state index contributed by atoms with van der Waals surface area (Å²) in [4.78, 5) is 0. The average Bonchev–Trinajstić information content (AvgIpc) is 2.85. The number of ether oxygens (including phenoxy) is 1. The van der Waals surface area contributed by atoms with Crippen LogP contribution in [0, 0.1) is 29.5 Å². The zero-order valence-electron chi connectivity index (χ0n) is 21.1. The Morgan fingerprint density at radius 1 is 0.818 bits per heavy atom. The largest absolute Gasteiger partial charge is 0.490 e. The summed E-state index contributed by atoms with van der Waals surface area (Å²) >= 11 is 0. The first-order valence-electron chi connectivity index (χ1n) is 14.3. The topological polar surface area (TPSA) is 35.2 Å². The Bertz CT molecular complexity index is 697. The second-order valence-corrected chi connectivity index (χ2v) is 11.7. The molecule has 3 aliphatic carbocycles. The first kappa shape index (κ1) is 25.0. The number of hydrogen-bond donors (Lipinski definition) is 1. The summed E-state index contributed by atoms with van der Waals surface area (Å²) in [6.45, 7) is 2.92. The Kier molecular flexibility index (Phi) is 9.53. The van der Waals surface area contributed by atoms with Gasteiger partial charge in [-0.2, -0.15) is 0 Å². The SMILES string of the molecule is CCCCCC1CCC(C2CCC(c3ccc(OCC4CCC(N)CC4)c(F)c3)CC2)CC1. The predicted molar refractivity (Wildman–Crippen MR) is 136 cm³/mol. The van der Waals surface area contributed by atoms with Gasteiger partial charge in [0.1, 0.15) is 0 Å². The van der Waals surface area contributed by atoms with Gasteiger partial charge in [0.2, 0.25) is 0 Å². The number of unbranched alkanes of at least 4 members (excludes halogenated alkanes) is 2. The van der Waals surface area contributed by atoms with Gasteiger partial charge in [-0.05, 0) is 111 Å². The minimum absolute atomic E-state index is 0.177. The third kappa shape index (κ3) is 7.20. The monoisotopic (exact) mass is 457 g/mol. The van der Waals surface area contributed by atoms with E-state index in [2.05, 4.69) is 13.0 Å². The summed E-state index contributed by atoms with van der Waals surface area (Å²) in [5, 5.41) is 0. The van der Waals surface area contributed by atoms with Crippen molar-refractivity contribution in [2.75, 3.05) is 6.61 Å². The van der Waals surface area contributed by atoms with E-state index in [9.17, 15) is 4.39 Å². The molecule has 0 aromatic heterocycles. The summed E-state index contributed by atoms with van der Waals surface area (Å²) in [6, 6.07) is 6.11. The van der Waals surface area contributed by atoms with Gasteiger partial charge in [-0.25, -0.2) is 4.39 Å². The third-order valence-corrected chi connectivity index (χ3v) is 9.34. The maximum absolute atomic E-state index is 14.8. The zero-order valence-corrected chi connectivity index (χ0v) is 21.1. The fourth-order valence-electron chi connectivity index (χ4n) is 7.01. The number of rotatable bonds is 9. The van der Waals surface area contributed by atoms with E-state index >= 15 is 0 Å². The molecule has 1 aromatic rings. The van der Waals surface area contributed by atoms with Crippen molar-refractivity contribution in [3.8, 4) is 5.75 Å². The number of benzene rings is 1. The Labute approximate surface area is 202 Å². The highest BCUT2D eigenvalue weighted by atomic mass is 19.1. The van der Waals surface area contributed by atoms with Crippen LogP contribution >= 0.6 is 0 Å². The summed E-state index contributed by atoms with van der Waals surface area (Å²) in [5.74, 6) is 4.16. The van der Waals surface area contributed by atoms with Crippen molar-refractivity contribution in [3.63, 3.8) is 0 Å². The first-order valence-corrected chi connectivity index (χ1v) is 14.3. The predicted octanol–water partition coefficient (Wildman–Crippen LogP) is 8.38. The molecule has 0 amide bonds. The Hall–Kier alpha value is -1.09. The van der Waals surface area contributed by atoms with Crippen molar-refractivity contribution in [1.82, 2.24) is 0 Å². The van der Waals surface area contributed by atoms with Crippen LogP contribution in [0.4, 0.5) is 4.39 Å². The van der Waals surface area contributed by atoms with Gasteiger partial charge in [0.15, 0.2) is 11.6 Å². The molecule has 0 radical (unpaired) electrons. The molecule has 2 N–H and O–H groups in total. The molecule has 2 nitrogen and oxygen atoms in total. The maximum atomic E-state index is 14.8. The van der Waals surface area contributed by atoms with E-state index in [0.29, 0.717) is 30.2 Å². The average molecular weight is 458 g/mol. The molecule has 3 saturated carbocycles. The Balaban J connectivity index is 1.19. The fraction of sp³-hybridized carbons (Fsp3) is 0.800. The lowest BCUT2D eigenvalue weighted by Gasteiger charge is -2.38. The van der Waals surface area contributed by atoms with E-state index in [0.717, 1.165) is 43.4 Å². The maximum Gasteiger partial charge on any atom is 0.165 e. The van der Waals surface area contributed by atoms with Crippen molar-refractivity contribution in [1.29, 1.82) is 0 Å². The van der Waals surface area contributed by atoms with Crippen molar-refractivity contribution < 1.29 is 9.13 Å². The summed E-state index contributed by atoms with van der Waals surface area (Å²) < 4.78 is 20.7. The molecular weight excluding hydrogens is 409 g/mol. The first-order chi connectivity index (χ1) is 16.1. The standard InChI is InChI=1S/C30H48FNO/c1-2-3-4-5-22-6-10-24(11-7-22)25-12-14-26(15-13-25)27-16-19-30(29(31)20-27)33-21-23-8-17-28(32)18-9-23/h16,19-20,22-26,28H,2-15,17-18,21,32H2,1H3. The number of hydrogen-bond acceptors (Lipinski definition) is 2. The molecule has 186 valence electrons. The molecule has 0 aliphatic heterocycles. The van der Waals surface area contributed by atoms with Gasteiger partial charge in [-0.3, -0.25) is 0 Å². The zero-order chi connectivity index (χ0) is 23.0. The lowest BCUT2D eigenvalue weighted by Crippen LogP contribution is -2.28. The molecule has 0 bridgehead atoms. The Morgan fingerprint density at radius 3 is 2.09 bits per heavy atom. The van der Waals surface area contributed by atoms with Crippen molar-refractivity contribution in [2.45, 2.75) is 122 Å². The molecule has 33 heavy (non-hydrogen) atoms. The van der Waals surface area contributed by atoms with E-state index in [4.69, 9.17) is 10.5 Å². The minimum atomic E-state index is -0.177. The summed E-state index contributed by atoms with van der Waals surface area (Å²) in [7, 11) is 0. The lowest BCUT2D eigenvalue weighted by molar-refractivity contribution is 0.155. The van der Waals surface area contributed by atoms with Gasteiger partial charge < -0.3 is 10.5 Å². The summed E-state index contributed by atoms with van der Waals surface area (Å²) in [6.07, 6.45) is 21.0. The fourth-order valence-corrected chi connectivity index (χ4v) is 7.01. The van der Waals surface area contributed by atoms with E-state index in [1.165, 1.54) is 82.6 Å². The quantitative estimate of drug-likeness (QED) is 0.378. The normalized spacial score (nSPS) is 33.1. The highest BCUT2D eigenvalue weighted by molar-refractivity contribution is 5.31. The van der Waals surface area contributed by atoms with E-state index in [-0.39, 0.29) is 5.82 Å². The van der Waals surface area contributed by atoms with E-state index in [1.807, 2.05) is 6.07 Å². The summed E-state index contributed by atoms with van der Waals surface area (Å²) in [5.41, 5.74) is 7.17. The molecule has 3 heteroatoms. The van der Waals surface area contributed by atoms with E-state index < -0.39 is 0 Å². The van der Waals surface area contributed by atoms with Crippen LogP contribution in [0.25, 0.3) is 0 Å². The van der Waals surface area contributed by atoms with Gasteiger partial charge in [0, 0.05) is 6.04 Å². The molecule has 3 fully saturated rings.